The first-order chi connectivity index (χ1) is 9.01. The molecule has 1 unspecified atom stereocenters. The zero-order valence-corrected chi connectivity index (χ0v) is 11.3. The molecule has 1 atom stereocenters. The Morgan fingerprint density at radius 3 is 2.84 bits per heavy atom. The summed E-state index contributed by atoms with van der Waals surface area (Å²) in [6.45, 7) is 1.68. The molecule has 100 valence electrons. The Bertz CT molecular complexity index is 539. The fourth-order valence-electron chi connectivity index (χ4n) is 1.40. The summed E-state index contributed by atoms with van der Waals surface area (Å²) in [5.41, 5.74) is -0.201. The second-order valence-electron chi connectivity index (χ2n) is 3.76. The topological polar surface area (TPSA) is 93.2 Å². The van der Waals surface area contributed by atoms with E-state index in [2.05, 4.69) is 4.74 Å². The zero-order valence-electron chi connectivity index (χ0n) is 10.5. The molecule has 0 amide bonds. The number of carbonyl (C=O) groups excluding carboxylic acids is 1. The minimum absolute atomic E-state index is 0.0146. The number of rotatable bonds is 5. The number of methoxy groups -OCH3 is 1. The van der Waals surface area contributed by atoms with E-state index in [0.717, 1.165) is 11.8 Å². The SMILES string of the molecule is COC(=O)C(C)CSc1cccc(C#N)c1[N+](=O)[O-]. The Kier molecular flexibility index (Phi) is 5.33. The summed E-state index contributed by atoms with van der Waals surface area (Å²) in [5.74, 6) is -0.394. The van der Waals surface area contributed by atoms with Crippen molar-refractivity contribution < 1.29 is 14.5 Å². The van der Waals surface area contributed by atoms with E-state index in [1.807, 2.05) is 0 Å². The Morgan fingerprint density at radius 2 is 2.32 bits per heavy atom. The number of thioether (sulfide) groups is 1. The lowest BCUT2D eigenvalue weighted by molar-refractivity contribution is -0.388. The normalized spacial score (nSPS) is 11.4. The van der Waals surface area contributed by atoms with E-state index in [4.69, 9.17) is 5.26 Å². The third kappa shape index (κ3) is 3.69. The second-order valence-corrected chi connectivity index (χ2v) is 4.82. The van der Waals surface area contributed by atoms with Gasteiger partial charge in [-0.15, -0.1) is 11.8 Å². The quantitative estimate of drug-likeness (QED) is 0.356. The average molecular weight is 280 g/mol. The van der Waals surface area contributed by atoms with Gasteiger partial charge in [0.05, 0.1) is 22.8 Å². The predicted molar refractivity (Wildman–Crippen MR) is 69.7 cm³/mol. The number of hydrogen-bond donors (Lipinski definition) is 0. The number of nitro benzene ring substituents is 1. The molecule has 0 saturated carbocycles. The highest BCUT2D eigenvalue weighted by Crippen LogP contribution is 2.33. The molecule has 0 radical (unpaired) electrons. The van der Waals surface area contributed by atoms with Gasteiger partial charge < -0.3 is 4.74 Å². The van der Waals surface area contributed by atoms with Crippen LogP contribution >= 0.6 is 11.8 Å². The van der Waals surface area contributed by atoms with Crippen molar-refractivity contribution in [3.05, 3.63) is 33.9 Å². The molecule has 0 saturated heterocycles. The molecule has 0 aliphatic rings. The van der Waals surface area contributed by atoms with Gasteiger partial charge in [-0.2, -0.15) is 5.26 Å². The maximum Gasteiger partial charge on any atom is 0.309 e. The number of carbonyl (C=O) groups is 1. The van der Waals surface area contributed by atoms with Gasteiger partial charge in [0.2, 0.25) is 0 Å². The molecule has 0 spiro atoms. The molecule has 19 heavy (non-hydrogen) atoms. The van der Waals surface area contributed by atoms with Gasteiger partial charge >= 0.3 is 11.7 Å². The lowest BCUT2D eigenvalue weighted by atomic mass is 10.2. The van der Waals surface area contributed by atoms with Crippen molar-refractivity contribution >= 4 is 23.4 Å². The van der Waals surface area contributed by atoms with E-state index in [9.17, 15) is 14.9 Å². The van der Waals surface area contributed by atoms with Crippen molar-refractivity contribution in [2.45, 2.75) is 11.8 Å². The fourth-order valence-corrected chi connectivity index (χ4v) is 2.46. The fraction of sp³-hybridized carbons (Fsp3) is 0.333. The van der Waals surface area contributed by atoms with Crippen molar-refractivity contribution in [3.63, 3.8) is 0 Å². The number of nitrogens with zero attached hydrogens (tertiary/aromatic N) is 2. The van der Waals surface area contributed by atoms with E-state index in [0.29, 0.717) is 10.6 Å². The lowest BCUT2D eigenvalue weighted by Crippen LogP contribution is -2.14. The molecule has 1 aromatic rings. The molecule has 0 aliphatic heterocycles. The Morgan fingerprint density at radius 1 is 1.63 bits per heavy atom. The molecule has 7 heteroatoms. The smallest absolute Gasteiger partial charge is 0.309 e. The first kappa shape index (κ1) is 15.0. The number of nitro groups is 1. The number of benzene rings is 1. The van der Waals surface area contributed by atoms with Crippen LogP contribution in [0, 0.1) is 27.4 Å². The predicted octanol–water partition coefficient (Wildman–Crippen LogP) is 2.37. The molecule has 0 bridgehead atoms. The summed E-state index contributed by atoms with van der Waals surface area (Å²) in [6, 6.07) is 6.33. The van der Waals surface area contributed by atoms with Crippen molar-refractivity contribution in [2.75, 3.05) is 12.9 Å². The van der Waals surface area contributed by atoms with E-state index in [1.165, 1.54) is 13.2 Å². The van der Waals surface area contributed by atoms with Crippen molar-refractivity contribution in [3.8, 4) is 6.07 Å². The first-order valence-electron chi connectivity index (χ1n) is 5.39. The van der Waals surface area contributed by atoms with Crippen molar-refractivity contribution in [1.29, 1.82) is 5.26 Å². The second kappa shape index (κ2) is 6.75. The van der Waals surface area contributed by atoms with Gasteiger partial charge in [-0.1, -0.05) is 13.0 Å². The summed E-state index contributed by atoms with van der Waals surface area (Å²) in [5, 5.41) is 19.8. The summed E-state index contributed by atoms with van der Waals surface area (Å²) < 4.78 is 4.58. The highest BCUT2D eigenvalue weighted by molar-refractivity contribution is 7.99. The minimum Gasteiger partial charge on any atom is -0.469 e. The molecular formula is C12H12N2O4S. The van der Waals surface area contributed by atoms with Crippen LogP contribution in [0.3, 0.4) is 0 Å². The van der Waals surface area contributed by atoms with E-state index in [-0.39, 0.29) is 23.1 Å². The first-order valence-corrected chi connectivity index (χ1v) is 6.38. The Balaban J connectivity index is 2.93. The van der Waals surface area contributed by atoms with Gasteiger partial charge in [0.25, 0.3) is 0 Å². The number of esters is 1. The monoisotopic (exact) mass is 280 g/mol. The van der Waals surface area contributed by atoms with E-state index in [1.54, 1.807) is 25.1 Å². The molecule has 0 heterocycles. The van der Waals surface area contributed by atoms with Gasteiger partial charge in [-0.05, 0) is 12.1 Å². The van der Waals surface area contributed by atoms with Gasteiger partial charge in [-0.25, -0.2) is 0 Å². The standard InChI is InChI=1S/C12H12N2O4S/c1-8(12(15)18-2)7-19-10-5-3-4-9(6-13)11(10)14(16)17/h3-5,8H,7H2,1-2H3. The number of para-hydroxylation sites is 1. The van der Waals surface area contributed by atoms with Crippen LogP contribution < -0.4 is 0 Å². The molecule has 0 aromatic heterocycles. The maximum absolute atomic E-state index is 11.3. The summed E-state index contributed by atoms with van der Waals surface area (Å²) in [4.78, 5) is 22.0. The summed E-state index contributed by atoms with van der Waals surface area (Å²) in [7, 11) is 1.29. The van der Waals surface area contributed by atoms with Crippen LogP contribution in [0.25, 0.3) is 0 Å². The van der Waals surface area contributed by atoms with E-state index >= 15 is 0 Å². The highest BCUT2D eigenvalue weighted by atomic mass is 32.2. The average Bonchev–Trinajstić information content (AvgIpc) is 2.42. The number of hydrogen-bond acceptors (Lipinski definition) is 6. The summed E-state index contributed by atoms with van der Waals surface area (Å²) >= 11 is 1.16. The molecule has 0 aliphatic carbocycles. The molecule has 0 N–H and O–H groups in total. The Labute approximate surface area is 114 Å². The van der Waals surface area contributed by atoms with Crippen molar-refractivity contribution in [1.82, 2.24) is 0 Å². The molecule has 1 aromatic carbocycles. The third-order valence-corrected chi connectivity index (χ3v) is 3.70. The van der Waals surface area contributed by atoms with Gasteiger partial charge in [-0.3, -0.25) is 14.9 Å². The molecular weight excluding hydrogens is 268 g/mol. The molecule has 0 fully saturated rings. The summed E-state index contributed by atoms with van der Waals surface area (Å²) in [6.07, 6.45) is 0. The maximum atomic E-state index is 11.3. The lowest BCUT2D eigenvalue weighted by Gasteiger charge is -2.09. The van der Waals surface area contributed by atoms with Crippen LogP contribution in [0.15, 0.2) is 23.1 Å². The zero-order chi connectivity index (χ0) is 14.4. The largest absolute Gasteiger partial charge is 0.469 e. The van der Waals surface area contributed by atoms with Crippen LogP contribution in [0.2, 0.25) is 0 Å². The Hall–Kier alpha value is -2.07. The number of nitriles is 1. The van der Waals surface area contributed by atoms with Gasteiger partial charge in [0.15, 0.2) is 0 Å². The number of ether oxygens (including phenoxy) is 1. The van der Waals surface area contributed by atoms with Gasteiger partial charge in [0, 0.05) is 5.75 Å². The highest BCUT2D eigenvalue weighted by Gasteiger charge is 2.21. The molecule has 1 rings (SSSR count). The molecule has 6 nitrogen and oxygen atoms in total. The van der Waals surface area contributed by atoms with Crippen LogP contribution in [0.5, 0.6) is 0 Å². The van der Waals surface area contributed by atoms with Crippen molar-refractivity contribution in [2.24, 2.45) is 5.92 Å². The third-order valence-electron chi connectivity index (χ3n) is 2.39. The van der Waals surface area contributed by atoms with Crippen LogP contribution in [-0.2, 0) is 9.53 Å². The van der Waals surface area contributed by atoms with Crippen LogP contribution in [0.1, 0.15) is 12.5 Å². The van der Waals surface area contributed by atoms with E-state index < -0.39 is 4.92 Å². The van der Waals surface area contributed by atoms with Gasteiger partial charge in [0.1, 0.15) is 11.6 Å². The van der Waals surface area contributed by atoms with Crippen LogP contribution in [-0.4, -0.2) is 23.8 Å². The minimum atomic E-state index is -0.580. The van der Waals surface area contributed by atoms with Crippen LogP contribution in [0.4, 0.5) is 5.69 Å².